The zero-order chi connectivity index (χ0) is 15.6. The largest absolute Gasteiger partial charge is 0.426 e. The van der Waals surface area contributed by atoms with E-state index in [1.165, 1.54) is 11.3 Å². The van der Waals surface area contributed by atoms with Crippen molar-refractivity contribution in [2.75, 3.05) is 6.54 Å². The van der Waals surface area contributed by atoms with Crippen LogP contribution in [0, 0.1) is 5.92 Å². The minimum absolute atomic E-state index is 0.0212. The molecule has 0 spiro atoms. The van der Waals surface area contributed by atoms with Crippen LogP contribution in [0.2, 0.25) is 0 Å². The van der Waals surface area contributed by atoms with Crippen LogP contribution < -0.4 is 5.32 Å². The third-order valence-corrected chi connectivity index (χ3v) is 3.56. The highest BCUT2D eigenvalue weighted by atomic mass is 19.1. The van der Waals surface area contributed by atoms with Gasteiger partial charge in [0.25, 0.3) is 0 Å². The fourth-order valence-corrected chi connectivity index (χ4v) is 2.62. The predicted octanol–water partition coefficient (Wildman–Crippen LogP) is 1.85. The maximum atomic E-state index is 13.9. The van der Waals surface area contributed by atoms with E-state index in [9.17, 15) is 14.0 Å². The molecule has 0 aromatic rings. The van der Waals surface area contributed by atoms with Crippen LogP contribution in [0.5, 0.6) is 0 Å². The van der Waals surface area contributed by atoms with E-state index in [1.807, 2.05) is 20.8 Å². The highest BCUT2D eigenvalue weighted by Crippen LogP contribution is 2.31. The summed E-state index contributed by atoms with van der Waals surface area (Å²) < 4.78 is 13.9. The summed E-state index contributed by atoms with van der Waals surface area (Å²) in [5, 5.41) is 4.13. The smallest absolute Gasteiger partial charge is 0.351 e. The molecule has 118 valence electrons. The van der Waals surface area contributed by atoms with Crippen LogP contribution in [-0.2, 0) is 9.63 Å². The third kappa shape index (κ3) is 4.23. The molecule has 0 aromatic carbocycles. The number of halogens is 1. The van der Waals surface area contributed by atoms with Crippen molar-refractivity contribution in [3.05, 3.63) is 0 Å². The number of ketones is 1. The van der Waals surface area contributed by atoms with Crippen molar-refractivity contribution >= 4 is 18.1 Å². The molecule has 0 radical (unpaired) electrons. The molecule has 0 aliphatic carbocycles. The van der Waals surface area contributed by atoms with Crippen molar-refractivity contribution in [1.82, 2.24) is 10.4 Å². The number of Topliss-reactive ketones (excluding diaryl/α,β-unsaturated/α-hetero) is 1. The monoisotopic (exact) mass is 299 g/mol. The lowest BCUT2D eigenvalue weighted by Gasteiger charge is -2.35. The lowest BCUT2D eigenvalue weighted by Crippen LogP contribution is -2.49. The van der Waals surface area contributed by atoms with Crippen LogP contribution in [0.15, 0.2) is 4.99 Å². The molecule has 1 amide bonds. The summed E-state index contributed by atoms with van der Waals surface area (Å²) in [4.78, 5) is 32.7. The number of carbonyl (C=O) groups is 2. The van der Waals surface area contributed by atoms with Gasteiger partial charge in [-0.25, -0.2) is 9.18 Å². The average molecular weight is 299 g/mol. The van der Waals surface area contributed by atoms with Crippen molar-refractivity contribution in [3.8, 4) is 0 Å². The Morgan fingerprint density at radius 3 is 2.90 bits per heavy atom. The molecule has 2 aliphatic rings. The van der Waals surface area contributed by atoms with Gasteiger partial charge < -0.3 is 10.2 Å². The minimum atomic E-state index is -1.41. The molecule has 0 saturated carbocycles. The second kappa shape index (κ2) is 6.09. The molecule has 3 unspecified atom stereocenters. The highest BCUT2D eigenvalue weighted by Gasteiger charge is 2.41. The molecule has 3 atom stereocenters. The number of aliphatic imine (C=N–C) groups is 1. The first-order valence-corrected chi connectivity index (χ1v) is 7.20. The zero-order valence-corrected chi connectivity index (χ0v) is 12.6. The van der Waals surface area contributed by atoms with Gasteiger partial charge in [-0.05, 0) is 20.8 Å². The molecule has 2 heterocycles. The minimum Gasteiger partial charge on any atom is -0.351 e. The summed E-state index contributed by atoms with van der Waals surface area (Å²) in [6, 6.07) is -0.338. The summed E-state index contributed by atoms with van der Waals surface area (Å²) in [7, 11) is 0. The predicted molar refractivity (Wildman–Crippen MR) is 75.6 cm³/mol. The Kier molecular flexibility index (Phi) is 4.61. The van der Waals surface area contributed by atoms with Crippen LogP contribution in [-0.4, -0.2) is 47.6 Å². The van der Waals surface area contributed by atoms with Crippen LogP contribution in [0.4, 0.5) is 9.18 Å². The zero-order valence-electron chi connectivity index (χ0n) is 12.6. The Bertz CT molecular complexity index is 447. The van der Waals surface area contributed by atoms with Gasteiger partial charge in [0.2, 0.25) is 0 Å². The summed E-state index contributed by atoms with van der Waals surface area (Å²) in [5.74, 6) is -0.570. The number of hydroxylamine groups is 2. The van der Waals surface area contributed by atoms with E-state index < -0.39 is 23.8 Å². The van der Waals surface area contributed by atoms with Gasteiger partial charge in [-0.15, -0.1) is 5.06 Å². The maximum Gasteiger partial charge on any atom is 0.426 e. The summed E-state index contributed by atoms with van der Waals surface area (Å²) in [6.07, 6.45) is 0.365. The van der Waals surface area contributed by atoms with Crippen LogP contribution >= 0.6 is 0 Å². The van der Waals surface area contributed by atoms with Gasteiger partial charge in [0.1, 0.15) is 5.78 Å². The fourth-order valence-electron chi connectivity index (χ4n) is 2.62. The van der Waals surface area contributed by atoms with Crippen molar-refractivity contribution in [3.63, 3.8) is 0 Å². The van der Waals surface area contributed by atoms with E-state index in [4.69, 9.17) is 4.84 Å². The first kappa shape index (κ1) is 15.9. The SMILES string of the molecule is CC(C)(C)NC(=O)ON1CCC(=O)CC2C(F)N=CCC21. The molecular formula is C14H22FN3O3. The van der Waals surface area contributed by atoms with E-state index in [0.29, 0.717) is 6.42 Å². The normalized spacial score (nSPS) is 30.5. The molecule has 2 aliphatic heterocycles. The van der Waals surface area contributed by atoms with E-state index in [-0.39, 0.29) is 31.2 Å². The average Bonchev–Trinajstić information content (AvgIpc) is 2.49. The van der Waals surface area contributed by atoms with Gasteiger partial charge in [-0.2, -0.15) is 0 Å². The molecule has 6 nitrogen and oxygen atoms in total. The van der Waals surface area contributed by atoms with Crippen molar-refractivity contribution in [2.45, 2.75) is 57.9 Å². The molecular weight excluding hydrogens is 277 g/mol. The molecule has 21 heavy (non-hydrogen) atoms. The Morgan fingerprint density at radius 1 is 1.52 bits per heavy atom. The van der Waals surface area contributed by atoms with Crippen molar-refractivity contribution < 1.29 is 18.8 Å². The Labute approximate surface area is 123 Å². The Balaban J connectivity index is 2.08. The van der Waals surface area contributed by atoms with Crippen LogP contribution in [0.1, 0.15) is 40.0 Å². The van der Waals surface area contributed by atoms with Gasteiger partial charge in [-0.3, -0.25) is 9.79 Å². The quantitative estimate of drug-likeness (QED) is 0.750. The number of nitrogens with zero attached hydrogens (tertiary/aromatic N) is 2. The first-order valence-electron chi connectivity index (χ1n) is 7.20. The lowest BCUT2D eigenvalue weighted by atomic mass is 9.90. The molecule has 1 fully saturated rings. The molecule has 7 heteroatoms. The summed E-state index contributed by atoms with van der Waals surface area (Å²) >= 11 is 0. The van der Waals surface area contributed by atoms with Crippen molar-refractivity contribution in [2.24, 2.45) is 10.9 Å². The third-order valence-electron chi connectivity index (χ3n) is 3.56. The van der Waals surface area contributed by atoms with Gasteiger partial charge in [0.05, 0.1) is 6.04 Å². The number of hydrogen-bond donors (Lipinski definition) is 1. The van der Waals surface area contributed by atoms with E-state index >= 15 is 0 Å². The first-order chi connectivity index (χ1) is 9.76. The highest BCUT2D eigenvalue weighted by molar-refractivity contribution is 5.79. The second-order valence-electron chi connectivity index (χ2n) is 6.56. The summed E-state index contributed by atoms with van der Waals surface area (Å²) in [5.41, 5.74) is -0.422. The van der Waals surface area contributed by atoms with Gasteiger partial charge in [0.15, 0.2) is 6.30 Å². The molecule has 1 N–H and O–H groups in total. The number of carbonyl (C=O) groups excluding carboxylic acids is 2. The number of amides is 1. The molecule has 1 saturated heterocycles. The molecule has 0 bridgehead atoms. The van der Waals surface area contributed by atoms with E-state index in [2.05, 4.69) is 10.3 Å². The van der Waals surface area contributed by atoms with E-state index in [0.717, 1.165) is 0 Å². The Morgan fingerprint density at radius 2 is 2.24 bits per heavy atom. The van der Waals surface area contributed by atoms with Gasteiger partial charge >= 0.3 is 6.09 Å². The fraction of sp³-hybridized carbons (Fsp3) is 0.786. The van der Waals surface area contributed by atoms with Crippen molar-refractivity contribution in [1.29, 1.82) is 0 Å². The standard InChI is InChI=1S/C14H22FN3O3/c1-14(2,3)17-13(20)21-18-7-5-9(19)8-10-11(18)4-6-16-12(10)15/h6,10-12H,4-5,7-8H2,1-3H3,(H,17,20). The number of alkyl halides is 1. The Hall–Kier alpha value is -1.50. The molecule has 0 aromatic heterocycles. The molecule has 2 rings (SSSR count). The second-order valence-corrected chi connectivity index (χ2v) is 6.56. The lowest BCUT2D eigenvalue weighted by molar-refractivity contribution is -0.146. The number of rotatable bonds is 1. The topological polar surface area (TPSA) is 71.0 Å². The number of hydrogen-bond acceptors (Lipinski definition) is 5. The van der Waals surface area contributed by atoms with Crippen LogP contribution in [0.25, 0.3) is 0 Å². The maximum absolute atomic E-state index is 13.9. The van der Waals surface area contributed by atoms with Gasteiger partial charge in [0, 0.05) is 43.5 Å². The summed E-state index contributed by atoms with van der Waals surface area (Å²) in [6.45, 7) is 5.81. The van der Waals surface area contributed by atoms with Gasteiger partial charge in [-0.1, -0.05) is 0 Å². The van der Waals surface area contributed by atoms with E-state index in [1.54, 1.807) is 0 Å². The number of nitrogens with one attached hydrogen (secondary N) is 1. The van der Waals surface area contributed by atoms with Crippen LogP contribution in [0.3, 0.4) is 0 Å². The number of fused-ring (bicyclic) bond motifs is 1.